The molecule has 0 saturated carbocycles. The van der Waals surface area contributed by atoms with Gasteiger partial charge in [-0.3, -0.25) is 9.69 Å². The van der Waals surface area contributed by atoms with Crippen LogP contribution < -0.4 is 9.47 Å². The highest BCUT2D eigenvalue weighted by Crippen LogP contribution is 2.34. The van der Waals surface area contributed by atoms with E-state index in [1.807, 2.05) is 61.5 Å². The van der Waals surface area contributed by atoms with Crippen LogP contribution >= 0.6 is 24.0 Å². The van der Waals surface area contributed by atoms with E-state index in [-0.39, 0.29) is 5.91 Å². The average Bonchev–Trinajstić information content (AvgIpc) is 2.91. The van der Waals surface area contributed by atoms with Crippen molar-refractivity contribution < 1.29 is 14.3 Å². The SMILES string of the molecule is CCOc1ccc(C=C2SC(=S)N(Cc3ccc(OC)cc3)C2=O)cc1. The molecule has 1 heterocycles. The zero-order valence-electron chi connectivity index (χ0n) is 14.6. The Kier molecular flexibility index (Phi) is 5.96. The van der Waals surface area contributed by atoms with Crippen LogP contribution in [0, 0.1) is 0 Å². The van der Waals surface area contributed by atoms with E-state index >= 15 is 0 Å². The molecule has 0 aromatic heterocycles. The van der Waals surface area contributed by atoms with E-state index in [1.54, 1.807) is 12.0 Å². The summed E-state index contributed by atoms with van der Waals surface area (Å²) in [5, 5.41) is 0. The quantitative estimate of drug-likeness (QED) is 0.541. The van der Waals surface area contributed by atoms with Crippen LogP contribution in [0.15, 0.2) is 53.4 Å². The van der Waals surface area contributed by atoms with E-state index in [4.69, 9.17) is 21.7 Å². The van der Waals surface area contributed by atoms with Crippen LogP contribution in [0.5, 0.6) is 11.5 Å². The number of nitrogens with zero attached hydrogens (tertiary/aromatic N) is 1. The van der Waals surface area contributed by atoms with Gasteiger partial charge in [0.1, 0.15) is 15.8 Å². The van der Waals surface area contributed by atoms with E-state index in [0.29, 0.717) is 22.4 Å². The van der Waals surface area contributed by atoms with Gasteiger partial charge in [0.05, 0.1) is 25.2 Å². The summed E-state index contributed by atoms with van der Waals surface area (Å²) in [6.45, 7) is 3.03. The van der Waals surface area contributed by atoms with Gasteiger partial charge in [-0.15, -0.1) is 0 Å². The topological polar surface area (TPSA) is 38.8 Å². The number of rotatable bonds is 6. The number of hydrogen-bond donors (Lipinski definition) is 0. The number of amides is 1. The van der Waals surface area contributed by atoms with Crippen molar-refractivity contribution in [2.75, 3.05) is 13.7 Å². The minimum absolute atomic E-state index is 0.0651. The molecular formula is C20H19NO3S2. The Morgan fingerprint density at radius 1 is 1.08 bits per heavy atom. The van der Waals surface area contributed by atoms with Gasteiger partial charge in [0, 0.05) is 0 Å². The van der Waals surface area contributed by atoms with Crippen molar-refractivity contribution >= 4 is 40.3 Å². The lowest BCUT2D eigenvalue weighted by Crippen LogP contribution is -2.27. The maximum Gasteiger partial charge on any atom is 0.266 e. The second-order valence-electron chi connectivity index (χ2n) is 5.62. The molecule has 0 bridgehead atoms. The smallest absolute Gasteiger partial charge is 0.266 e. The minimum Gasteiger partial charge on any atom is -0.497 e. The van der Waals surface area contributed by atoms with Crippen molar-refractivity contribution in [3.63, 3.8) is 0 Å². The second kappa shape index (κ2) is 8.38. The summed E-state index contributed by atoms with van der Waals surface area (Å²) in [6, 6.07) is 15.3. The number of hydrogen-bond acceptors (Lipinski definition) is 5. The molecular weight excluding hydrogens is 366 g/mol. The maximum atomic E-state index is 12.7. The van der Waals surface area contributed by atoms with Crippen LogP contribution in [0.1, 0.15) is 18.1 Å². The number of carbonyl (C=O) groups is 1. The molecule has 0 unspecified atom stereocenters. The van der Waals surface area contributed by atoms with E-state index in [1.165, 1.54) is 11.8 Å². The van der Waals surface area contributed by atoms with Crippen molar-refractivity contribution in [2.24, 2.45) is 0 Å². The van der Waals surface area contributed by atoms with Crippen molar-refractivity contribution in [3.05, 3.63) is 64.6 Å². The summed E-state index contributed by atoms with van der Waals surface area (Å²) in [6.07, 6.45) is 1.86. The fourth-order valence-corrected chi connectivity index (χ4v) is 3.78. The first kappa shape index (κ1) is 18.5. The first-order chi connectivity index (χ1) is 12.6. The number of carbonyl (C=O) groups excluding carboxylic acids is 1. The summed E-state index contributed by atoms with van der Waals surface area (Å²) < 4.78 is 11.2. The third-order valence-corrected chi connectivity index (χ3v) is 5.24. The molecule has 0 atom stereocenters. The molecule has 1 fully saturated rings. The van der Waals surface area contributed by atoms with Gasteiger partial charge in [-0.1, -0.05) is 48.2 Å². The Balaban J connectivity index is 1.73. The number of methoxy groups -OCH3 is 1. The average molecular weight is 386 g/mol. The van der Waals surface area contributed by atoms with Crippen LogP contribution in [-0.2, 0) is 11.3 Å². The lowest BCUT2D eigenvalue weighted by atomic mass is 10.2. The predicted molar refractivity (Wildman–Crippen MR) is 109 cm³/mol. The summed E-state index contributed by atoms with van der Waals surface area (Å²) in [7, 11) is 1.63. The lowest BCUT2D eigenvalue weighted by Gasteiger charge is -2.14. The van der Waals surface area contributed by atoms with Crippen LogP contribution in [0.3, 0.4) is 0 Å². The summed E-state index contributed by atoms with van der Waals surface area (Å²) in [4.78, 5) is 15.0. The summed E-state index contributed by atoms with van der Waals surface area (Å²) >= 11 is 6.73. The lowest BCUT2D eigenvalue weighted by molar-refractivity contribution is -0.122. The molecule has 6 heteroatoms. The molecule has 1 aliphatic rings. The number of benzene rings is 2. The highest BCUT2D eigenvalue weighted by molar-refractivity contribution is 8.26. The molecule has 1 saturated heterocycles. The number of ether oxygens (including phenoxy) is 2. The van der Waals surface area contributed by atoms with Gasteiger partial charge in [0.15, 0.2) is 0 Å². The fourth-order valence-electron chi connectivity index (χ4n) is 2.53. The van der Waals surface area contributed by atoms with Gasteiger partial charge in [0.2, 0.25) is 0 Å². The van der Waals surface area contributed by atoms with Crippen molar-refractivity contribution in [3.8, 4) is 11.5 Å². The Morgan fingerprint density at radius 3 is 2.35 bits per heavy atom. The highest BCUT2D eigenvalue weighted by atomic mass is 32.2. The normalized spacial score (nSPS) is 15.6. The third kappa shape index (κ3) is 4.26. The van der Waals surface area contributed by atoms with Gasteiger partial charge >= 0.3 is 0 Å². The van der Waals surface area contributed by atoms with Crippen molar-refractivity contribution in [1.29, 1.82) is 0 Å². The monoisotopic (exact) mass is 385 g/mol. The standard InChI is InChI=1S/C20H19NO3S2/c1-3-24-17-10-4-14(5-11-17)12-18-19(22)21(20(25)26-18)13-15-6-8-16(23-2)9-7-15/h4-12H,3,13H2,1-2H3. The van der Waals surface area contributed by atoms with Crippen molar-refractivity contribution in [2.45, 2.75) is 13.5 Å². The van der Waals surface area contributed by atoms with Gasteiger partial charge in [-0.2, -0.15) is 0 Å². The van der Waals surface area contributed by atoms with E-state index in [9.17, 15) is 4.79 Å². The Labute approximate surface area is 162 Å². The second-order valence-corrected chi connectivity index (χ2v) is 7.29. The molecule has 3 rings (SSSR count). The van der Waals surface area contributed by atoms with Crippen molar-refractivity contribution in [1.82, 2.24) is 4.90 Å². The van der Waals surface area contributed by atoms with Gasteiger partial charge in [-0.25, -0.2) is 0 Å². The Bertz CT molecular complexity index is 829. The summed E-state index contributed by atoms with van der Waals surface area (Å²) in [5.41, 5.74) is 1.95. The van der Waals surface area contributed by atoms with E-state index < -0.39 is 0 Å². The third-order valence-electron chi connectivity index (χ3n) is 3.86. The number of thioether (sulfide) groups is 1. The molecule has 0 aliphatic carbocycles. The fraction of sp³-hybridized carbons (Fsp3) is 0.200. The Hall–Kier alpha value is -2.31. The van der Waals surface area contributed by atoms with Crippen LogP contribution in [-0.4, -0.2) is 28.8 Å². The minimum atomic E-state index is -0.0651. The molecule has 0 radical (unpaired) electrons. The molecule has 26 heavy (non-hydrogen) atoms. The number of thiocarbonyl (C=S) groups is 1. The molecule has 0 N–H and O–H groups in total. The van der Waals surface area contributed by atoms with Gasteiger partial charge in [0.25, 0.3) is 5.91 Å². The summed E-state index contributed by atoms with van der Waals surface area (Å²) in [5.74, 6) is 1.54. The molecule has 1 amide bonds. The highest BCUT2D eigenvalue weighted by Gasteiger charge is 2.31. The Morgan fingerprint density at radius 2 is 1.73 bits per heavy atom. The molecule has 4 nitrogen and oxygen atoms in total. The first-order valence-electron chi connectivity index (χ1n) is 8.22. The molecule has 2 aromatic carbocycles. The van der Waals surface area contributed by atoms with Crippen LogP contribution in [0.2, 0.25) is 0 Å². The van der Waals surface area contributed by atoms with Gasteiger partial charge < -0.3 is 9.47 Å². The first-order valence-corrected chi connectivity index (χ1v) is 9.44. The largest absolute Gasteiger partial charge is 0.497 e. The molecule has 0 spiro atoms. The zero-order valence-corrected chi connectivity index (χ0v) is 16.2. The molecule has 134 valence electrons. The predicted octanol–water partition coefficient (Wildman–Crippen LogP) is 4.50. The maximum absolute atomic E-state index is 12.7. The molecule has 2 aromatic rings. The van der Waals surface area contributed by atoms with Gasteiger partial charge in [-0.05, 0) is 48.4 Å². The molecule has 1 aliphatic heterocycles. The van der Waals surface area contributed by atoms with E-state index in [0.717, 1.165) is 22.6 Å². The van der Waals surface area contributed by atoms with Crippen LogP contribution in [0.25, 0.3) is 6.08 Å². The van der Waals surface area contributed by atoms with E-state index in [2.05, 4.69) is 0 Å². The zero-order chi connectivity index (χ0) is 18.5. The van der Waals surface area contributed by atoms with Crippen LogP contribution in [0.4, 0.5) is 0 Å².